The molecular formula is C16H16N4OS. The largest absolute Gasteiger partial charge is 0.328 e. The van der Waals surface area contributed by atoms with Crippen molar-refractivity contribution >= 4 is 27.3 Å². The lowest BCUT2D eigenvalue weighted by atomic mass is 10.00. The monoisotopic (exact) mass is 312 g/mol. The lowest BCUT2D eigenvalue weighted by Gasteiger charge is -2.34. The van der Waals surface area contributed by atoms with Crippen LogP contribution < -0.4 is 0 Å². The molecule has 1 aliphatic heterocycles. The number of likely N-dealkylation sites (tertiary alicyclic amines) is 1. The minimum Gasteiger partial charge on any atom is -0.328 e. The molecule has 1 saturated heterocycles. The quantitative estimate of drug-likeness (QED) is 0.789. The second-order valence-corrected chi connectivity index (χ2v) is 6.44. The van der Waals surface area contributed by atoms with E-state index in [4.69, 9.17) is 0 Å². The highest BCUT2D eigenvalue weighted by molar-refractivity contribution is 7.17. The summed E-state index contributed by atoms with van der Waals surface area (Å²) in [4.78, 5) is 19.3. The molecule has 1 N–H and O–H groups in total. The molecule has 0 aliphatic carbocycles. The van der Waals surface area contributed by atoms with Gasteiger partial charge >= 0.3 is 0 Å². The maximum Gasteiger partial charge on any atom is 0.255 e. The van der Waals surface area contributed by atoms with Gasteiger partial charge in [-0.2, -0.15) is 5.10 Å². The zero-order valence-electron chi connectivity index (χ0n) is 12.0. The van der Waals surface area contributed by atoms with E-state index in [1.165, 1.54) is 6.33 Å². The van der Waals surface area contributed by atoms with E-state index in [2.05, 4.69) is 21.2 Å². The number of nitrogens with zero attached hydrogens (tertiary/aromatic N) is 3. The second-order valence-electron chi connectivity index (χ2n) is 5.53. The molecule has 1 aliphatic rings. The number of carbonyl (C=O) groups excluding carboxylic acids is 1. The fourth-order valence-electron chi connectivity index (χ4n) is 3.13. The first-order valence-electron chi connectivity index (χ1n) is 7.47. The Kier molecular flexibility index (Phi) is 3.38. The third kappa shape index (κ3) is 2.20. The maximum atomic E-state index is 13.1. The van der Waals surface area contributed by atoms with Gasteiger partial charge in [0.1, 0.15) is 12.2 Å². The zero-order chi connectivity index (χ0) is 14.9. The number of benzene rings is 1. The van der Waals surface area contributed by atoms with Crippen molar-refractivity contribution in [3.63, 3.8) is 0 Å². The minimum atomic E-state index is 0.00223. The van der Waals surface area contributed by atoms with Gasteiger partial charge in [-0.1, -0.05) is 18.2 Å². The van der Waals surface area contributed by atoms with Crippen molar-refractivity contribution in [1.29, 1.82) is 0 Å². The molecule has 0 saturated carbocycles. The minimum absolute atomic E-state index is 0.00223. The summed E-state index contributed by atoms with van der Waals surface area (Å²) in [5.74, 6) is 0.881. The zero-order valence-corrected chi connectivity index (χ0v) is 12.8. The molecule has 3 aromatic rings. The second kappa shape index (κ2) is 5.53. The summed E-state index contributed by atoms with van der Waals surface area (Å²) in [6.45, 7) is 0.772. The van der Waals surface area contributed by atoms with Gasteiger partial charge in [-0.15, -0.1) is 11.3 Å². The van der Waals surface area contributed by atoms with Crippen molar-refractivity contribution in [2.45, 2.75) is 25.3 Å². The summed E-state index contributed by atoms with van der Waals surface area (Å²) in [6.07, 6.45) is 4.59. The van der Waals surface area contributed by atoms with E-state index in [0.29, 0.717) is 0 Å². The number of amides is 1. The Balaban J connectivity index is 1.71. The molecule has 2 aromatic heterocycles. The Hall–Kier alpha value is -2.21. The predicted molar refractivity (Wildman–Crippen MR) is 85.8 cm³/mol. The summed E-state index contributed by atoms with van der Waals surface area (Å²) in [5, 5.41) is 9.87. The van der Waals surface area contributed by atoms with E-state index in [0.717, 1.165) is 47.3 Å². The van der Waals surface area contributed by atoms with E-state index in [1.807, 2.05) is 28.5 Å². The summed E-state index contributed by atoms with van der Waals surface area (Å²) < 4.78 is 1.15. The molecule has 6 heteroatoms. The maximum absolute atomic E-state index is 13.1. The smallest absolute Gasteiger partial charge is 0.255 e. The highest BCUT2D eigenvalue weighted by atomic mass is 32.1. The molecule has 0 radical (unpaired) electrons. The van der Waals surface area contributed by atoms with E-state index < -0.39 is 0 Å². The fraction of sp³-hybridized carbons (Fsp3) is 0.312. The molecule has 112 valence electrons. The molecule has 5 nitrogen and oxygen atoms in total. The molecule has 4 rings (SSSR count). The molecule has 1 aromatic carbocycles. The van der Waals surface area contributed by atoms with Gasteiger partial charge in [0, 0.05) is 22.0 Å². The van der Waals surface area contributed by atoms with Crippen LogP contribution in [0.25, 0.3) is 10.1 Å². The third-order valence-corrected chi connectivity index (χ3v) is 5.19. The first-order chi connectivity index (χ1) is 10.8. The van der Waals surface area contributed by atoms with Crippen LogP contribution in [0.1, 0.15) is 41.5 Å². The van der Waals surface area contributed by atoms with Crippen LogP contribution >= 0.6 is 11.3 Å². The molecule has 1 amide bonds. The molecule has 1 fully saturated rings. The Morgan fingerprint density at radius 2 is 2.23 bits per heavy atom. The van der Waals surface area contributed by atoms with Crippen molar-refractivity contribution in [1.82, 2.24) is 20.1 Å². The molecular weight excluding hydrogens is 296 g/mol. The van der Waals surface area contributed by atoms with Gasteiger partial charge in [0.05, 0.1) is 11.6 Å². The molecule has 0 spiro atoms. The Morgan fingerprint density at radius 1 is 1.32 bits per heavy atom. The number of thiophene rings is 1. The van der Waals surface area contributed by atoms with Gasteiger partial charge in [-0.25, -0.2) is 4.98 Å². The van der Waals surface area contributed by atoms with Crippen LogP contribution in [0.15, 0.2) is 36.0 Å². The SMILES string of the molecule is O=C(c1csc2ccccc12)N1CCCC[C@@H]1c1ncn[nH]1. The van der Waals surface area contributed by atoms with E-state index in [-0.39, 0.29) is 11.9 Å². The molecule has 3 heterocycles. The number of hydrogen-bond donors (Lipinski definition) is 1. The first-order valence-corrected chi connectivity index (χ1v) is 8.35. The number of carbonyl (C=O) groups is 1. The number of aromatic nitrogens is 3. The van der Waals surface area contributed by atoms with Crippen LogP contribution in [0.2, 0.25) is 0 Å². The number of hydrogen-bond acceptors (Lipinski definition) is 4. The van der Waals surface area contributed by atoms with E-state index in [9.17, 15) is 4.79 Å². The van der Waals surface area contributed by atoms with E-state index in [1.54, 1.807) is 11.3 Å². The van der Waals surface area contributed by atoms with E-state index >= 15 is 0 Å². The predicted octanol–water partition coefficient (Wildman–Crippen LogP) is 3.39. The van der Waals surface area contributed by atoms with Gasteiger partial charge < -0.3 is 4.90 Å². The van der Waals surface area contributed by atoms with Crippen molar-refractivity contribution in [3.05, 3.63) is 47.4 Å². The normalized spacial score (nSPS) is 18.7. The summed E-state index contributed by atoms with van der Waals surface area (Å²) in [5.41, 5.74) is 0.798. The van der Waals surface area contributed by atoms with Crippen molar-refractivity contribution in [3.8, 4) is 0 Å². The summed E-state index contributed by atoms with van der Waals surface area (Å²) in [6, 6.07) is 8.07. The average molecular weight is 312 g/mol. The van der Waals surface area contributed by atoms with Crippen LogP contribution in [0, 0.1) is 0 Å². The topological polar surface area (TPSA) is 61.9 Å². The summed E-state index contributed by atoms with van der Waals surface area (Å²) >= 11 is 1.62. The number of rotatable bonds is 2. The standard InChI is InChI=1S/C16H16N4OS/c21-16(12-9-22-14-7-2-1-5-11(12)14)20-8-4-3-6-13(20)15-17-10-18-19-15/h1-2,5,7,9-10,13H,3-4,6,8H2,(H,17,18,19)/t13-/m1/s1. The number of nitrogens with one attached hydrogen (secondary N) is 1. The number of H-pyrrole nitrogens is 1. The van der Waals surface area contributed by atoms with Gasteiger partial charge in [0.25, 0.3) is 5.91 Å². The van der Waals surface area contributed by atoms with Gasteiger partial charge in [0.15, 0.2) is 0 Å². The van der Waals surface area contributed by atoms with Crippen LogP contribution in [-0.2, 0) is 0 Å². The Morgan fingerprint density at radius 3 is 3.09 bits per heavy atom. The highest BCUT2D eigenvalue weighted by Gasteiger charge is 2.31. The molecule has 0 bridgehead atoms. The first kappa shape index (κ1) is 13.5. The Bertz CT molecular complexity index is 795. The van der Waals surface area contributed by atoms with Crippen LogP contribution in [0.3, 0.4) is 0 Å². The van der Waals surface area contributed by atoms with Crippen LogP contribution in [-0.4, -0.2) is 32.5 Å². The third-order valence-electron chi connectivity index (χ3n) is 4.22. The molecule has 1 atom stereocenters. The van der Waals surface area contributed by atoms with Crippen molar-refractivity contribution in [2.75, 3.05) is 6.54 Å². The average Bonchev–Trinajstić information content (AvgIpc) is 3.24. The highest BCUT2D eigenvalue weighted by Crippen LogP contribution is 2.33. The van der Waals surface area contributed by atoms with Gasteiger partial charge in [-0.05, 0) is 25.3 Å². The van der Waals surface area contributed by atoms with Crippen molar-refractivity contribution < 1.29 is 4.79 Å². The molecule has 0 unspecified atom stereocenters. The lowest BCUT2D eigenvalue weighted by Crippen LogP contribution is -2.38. The lowest BCUT2D eigenvalue weighted by molar-refractivity contribution is 0.0603. The van der Waals surface area contributed by atoms with Crippen molar-refractivity contribution in [2.24, 2.45) is 0 Å². The molecule has 22 heavy (non-hydrogen) atoms. The van der Waals surface area contributed by atoms with Gasteiger partial charge in [-0.3, -0.25) is 9.89 Å². The summed E-state index contributed by atoms with van der Waals surface area (Å²) in [7, 11) is 0. The Labute approximate surface area is 132 Å². The number of fused-ring (bicyclic) bond motifs is 1. The van der Waals surface area contributed by atoms with Crippen LogP contribution in [0.4, 0.5) is 0 Å². The number of piperidine rings is 1. The number of aromatic amines is 1. The fourth-order valence-corrected chi connectivity index (χ4v) is 4.07. The van der Waals surface area contributed by atoms with Crippen LogP contribution in [0.5, 0.6) is 0 Å². The van der Waals surface area contributed by atoms with Gasteiger partial charge in [0.2, 0.25) is 0 Å².